The van der Waals surface area contributed by atoms with E-state index in [0.29, 0.717) is 25.8 Å². The van der Waals surface area contributed by atoms with Crippen LogP contribution in [0.15, 0.2) is 35.3 Å². The number of ether oxygens (including phenoxy) is 1. The summed E-state index contributed by atoms with van der Waals surface area (Å²) in [5, 5.41) is 16.5. The Hall–Kier alpha value is -3.87. The van der Waals surface area contributed by atoms with Gasteiger partial charge in [-0.3, -0.25) is 14.6 Å². The van der Waals surface area contributed by atoms with Crippen LogP contribution in [0.1, 0.15) is 37.7 Å². The topological polar surface area (TPSA) is 224 Å². The monoisotopic (exact) mass is 493 g/mol. The lowest BCUT2D eigenvalue weighted by atomic mass is 10.1. The fraction of sp³-hybridized carbons (Fsp3) is 0.500. The lowest BCUT2D eigenvalue weighted by Crippen LogP contribution is -2.50. The Morgan fingerprint density at radius 2 is 1.66 bits per heavy atom. The van der Waals surface area contributed by atoms with E-state index in [4.69, 9.17) is 21.9 Å². The molecule has 0 aliphatic carbocycles. The molecular formula is C22H35N7O6. The predicted molar refractivity (Wildman–Crippen MR) is 129 cm³/mol. The number of nitrogens with zero attached hydrogens (tertiary/aromatic N) is 1. The van der Waals surface area contributed by atoms with Crippen molar-refractivity contribution in [3.05, 3.63) is 35.9 Å². The molecule has 1 rings (SSSR count). The zero-order valence-corrected chi connectivity index (χ0v) is 19.6. The number of benzene rings is 1. The third-order valence-electron chi connectivity index (χ3n) is 4.77. The predicted octanol–water partition coefficient (Wildman–Crippen LogP) is -0.850. The van der Waals surface area contributed by atoms with Gasteiger partial charge in [-0.25, -0.2) is 9.59 Å². The van der Waals surface area contributed by atoms with Crippen LogP contribution >= 0.6 is 0 Å². The van der Waals surface area contributed by atoms with Gasteiger partial charge in [-0.1, -0.05) is 30.3 Å². The van der Waals surface area contributed by atoms with E-state index >= 15 is 0 Å². The summed E-state index contributed by atoms with van der Waals surface area (Å²) in [5.74, 6) is -2.63. The van der Waals surface area contributed by atoms with Crippen molar-refractivity contribution in [2.24, 2.45) is 22.2 Å². The second-order valence-electron chi connectivity index (χ2n) is 7.67. The molecule has 2 atom stereocenters. The van der Waals surface area contributed by atoms with Crippen LogP contribution in [-0.4, -0.2) is 66.7 Å². The van der Waals surface area contributed by atoms with Crippen molar-refractivity contribution >= 4 is 29.8 Å². The highest BCUT2D eigenvalue weighted by molar-refractivity contribution is 5.90. The summed E-state index contributed by atoms with van der Waals surface area (Å²) in [6, 6.07) is 6.92. The summed E-state index contributed by atoms with van der Waals surface area (Å²) in [7, 11) is 0. The van der Waals surface area contributed by atoms with Crippen molar-refractivity contribution in [2.75, 3.05) is 19.6 Å². The second kappa shape index (κ2) is 16.7. The SMILES string of the molecule is NCCCC[C@@H](NC(=O)OCc1ccccc1)C(=O)NCC(=O)N[C@@H](CCCN=C(N)N)C(=O)O. The van der Waals surface area contributed by atoms with Crippen molar-refractivity contribution in [2.45, 2.75) is 50.8 Å². The van der Waals surface area contributed by atoms with Gasteiger partial charge in [0.05, 0.1) is 6.54 Å². The summed E-state index contributed by atoms with van der Waals surface area (Å²) in [6.07, 6.45) is 1.15. The Morgan fingerprint density at radius 3 is 2.29 bits per heavy atom. The molecule has 3 amide bonds. The number of nitrogens with one attached hydrogen (secondary N) is 3. The maximum absolute atomic E-state index is 12.6. The van der Waals surface area contributed by atoms with Crippen LogP contribution in [-0.2, 0) is 25.7 Å². The lowest BCUT2D eigenvalue weighted by molar-refractivity contribution is -0.142. The third-order valence-corrected chi connectivity index (χ3v) is 4.77. The maximum Gasteiger partial charge on any atom is 0.408 e. The smallest absolute Gasteiger partial charge is 0.408 e. The first kappa shape index (κ1) is 29.2. The van der Waals surface area contributed by atoms with Gasteiger partial charge in [0.1, 0.15) is 18.7 Å². The van der Waals surface area contributed by atoms with E-state index in [1.165, 1.54) is 0 Å². The van der Waals surface area contributed by atoms with Gasteiger partial charge in [-0.15, -0.1) is 0 Å². The molecule has 1 aromatic carbocycles. The number of unbranched alkanes of at least 4 members (excludes halogenated alkanes) is 1. The molecule has 0 heterocycles. The molecular weight excluding hydrogens is 458 g/mol. The van der Waals surface area contributed by atoms with E-state index in [0.717, 1.165) is 5.56 Å². The van der Waals surface area contributed by atoms with E-state index in [1.807, 2.05) is 18.2 Å². The number of carboxylic acids is 1. The molecule has 13 heteroatoms. The highest BCUT2D eigenvalue weighted by Crippen LogP contribution is 2.04. The largest absolute Gasteiger partial charge is 0.480 e. The number of nitrogens with two attached hydrogens (primary N) is 3. The van der Waals surface area contributed by atoms with Crippen molar-refractivity contribution in [3.8, 4) is 0 Å². The Labute approximate surface area is 203 Å². The minimum atomic E-state index is -1.23. The number of carboxylic acid groups (broad SMARTS) is 1. The average molecular weight is 494 g/mol. The molecule has 0 saturated carbocycles. The van der Waals surface area contributed by atoms with Crippen LogP contribution in [0.2, 0.25) is 0 Å². The van der Waals surface area contributed by atoms with E-state index in [2.05, 4.69) is 20.9 Å². The molecule has 0 aliphatic rings. The quantitative estimate of drug-likeness (QED) is 0.0863. The van der Waals surface area contributed by atoms with Gasteiger partial charge in [-0.05, 0) is 44.2 Å². The standard InChI is InChI=1S/C22H35N7O6/c23-11-5-4-9-16(29-22(34)35-14-15-7-2-1-3-8-15)19(31)27-13-18(30)28-17(20(32)33)10-6-12-26-21(24)25/h1-3,7-8,16-17H,4-6,9-14,23H2,(H,27,31)(H,28,30)(H,29,34)(H,32,33)(H4,24,25,26)/t16-,17+/m1/s1. The summed E-state index contributed by atoms with van der Waals surface area (Å²) in [5.41, 5.74) is 16.7. The van der Waals surface area contributed by atoms with Crippen LogP contribution in [0.5, 0.6) is 0 Å². The van der Waals surface area contributed by atoms with Crippen LogP contribution in [0, 0.1) is 0 Å². The van der Waals surface area contributed by atoms with Crippen molar-refractivity contribution in [1.82, 2.24) is 16.0 Å². The molecule has 194 valence electrons. The second-order valence-corrected chi connectivity index (χ2v) is 7.67. The molecule has 1 aromatic rings. The molecule has 0 aliphatic heterocycles. The fourth-order valence-electron chi connectivity index (χ4n) is 2.97. The van der Waals surface area contributed by atoms with Crippen LogP contribution < -0.4 is 33.2 Å². The number of aliphatic carboxylic acids is 1. The fourth-order valence-corrected chi connectivity index (χ4v) is 2.97. The first-order valence-electron chi connectivity index (χ1n) is 11.3. The van der Waals surface area contributed by atoms with Crippen molar-refractivity contribution in [1.29, 1.82) is 0 Å². The Bertz CT molecular complexity index is 846. The Balaban J connectivity index is 2.56. The number of carbonyl (C=O) groups excluding carboxylic acids is 3. The minimum Gasteiger partial charge on any atom is -0.480 e. The van der Waals surface area contributed by atoms with Crippen LogP contribution in [0.4, 0.5) is 4.79 Å². The number of aliphatic imine (C=N–C) groups is 1. The highest BCUT2D eigenvalue weighted by atomic mass is 16.5. The number of hydrogen-bond donors (Lipinski definition) is 7. The van der Waals surface area contributed by atoms with E-state index in [-0.39, 0.29) is 32.0 Å². The van der Waals surface area contributed by atoms with Gasteiger partial charge in [0.25, 0.3) is 0 Å². The van der Waals surface area contributed by atoms with Crippen molar-refractivity contribution in [3.63, 3.8) is 0 Å². The van der Waals surface area contributed by atoms with Gasteiger partial charge < -0.3 is 43.0 Å². The Kier molecular flexibility index (Phi) is 13.9. The summed E-state index contributed by atoms with van der Waals surface area (Å²) in [6.45, 7) is 0.209. The highest BCUT2D eigenvalue weighted by Gasteiger charge is 2.23. The first-order chi connectivity index (χ1) is 16.7. The molecule has 0 radical (unpaired) electrons. The van der Waals surface area contributed by atoms with E-state index in [9.17, 15) is 24.3 Å². The van der Waals surface area contributed by atoms with E-state index in [1.54, 1.807) is 12.1 Å². The third kappa shape index (κ3) is 13.4. The number of amides is 3. The number of rotatable bonds is 16. The van der Waals surface area contributed by atoms with Crippen molar-refractivity contribution < 1.29 is 29.0 Å². The molecule has 0 bridgehead atoms. The molecule has 10 N–H and O–H groups in total. The lowest BCUT2D eigenvalue weighted by Gasteiger charge is -2.19. The number of hydrogen-bond acceptors (Lipinski definition) is 7. The molecule has 0 spiro atoms. The summed E-state index contributed by atoms with van der Waals surface area (Å²) < 4.78 is 5.16. The molecule has 0 aromatic heterocycles. The number of alkyl carbamates (subject to hydrolysis) is 1. The molecule has 35 heavy (non-hydrogen) atoms. The van der Waals surface area contributed by atoms with Gasteiger partial charge >= 0.3 is 12.1 Å². The summed E-state index contributed by atoms with van der Waals surface area (Å²) >= 11 is 0. The zero-order chi connectivity index (χ0) is 26.1. The number of carbonyl (C=O) groups is 4. The minimum absolute atomic E-state index is 0.0337. The van der Waals surface area contributed by atoms with Crippen LogP contribution in [0.3, 0.4) is 0 Å². The van der Waals surface area contributed by atoms with Gasteiger partial charge in [0.2, 0.25) is 11.8 Å². The Morgan fingerprint density at radius 1 is 0.971 bits per heavy atom. The molecule has 13 nitrogen and oxygen atoms in total. The average Bonchev–Trinajstić information content (AvgIpc) is 2.83. The van der Waals surface area contributed by atoms with Gasteiger partial charge in [-0.2, -0.15) is 0 Å². The van der Waals surface area contributed by atoms with Gasteiger partial charge in [0, 0.05) is 6.54 Å². The maximum atomic E-state index is 12.6. The first-order valence-corrected chi connectivity index (χ1v) is 11.3. The zero-order valence-electron chi connectivity index (χ0n) is 19.6. The van der Waals surface area contributed by atoms with Gasteiger partial charge in [0.15, 0.2) is 5.96 Å². The summed E-state index contributed by atoms with van der Waals surface area (Å²) in [4.78, 5) is 52.1. The van der Waals surface area contributed by atoms with E-state index < -0.39 is 42.5 Å². The molecule has 0 fully saturated rings. The molecule has 0 unspecified atom stereocenters. The molecule has 0 saturated heterocycles. The normalized spacial score (nSPS) is 12.0. The van der Waals surface area contributed by atoms with Crippen LogP contribution in [0.25, 0.3) is 0 Å². The number of guanidine groups is 1.